The second-order valence-electron chi connectivity index (χ2n) is 9.11. The van der Waals surface area contributed by atoms with Crippen LogP contribution in [0.25, 0.3) is 0 Å². The van der Waals surface area contributed by atoms with Gasteiger partial charge in [-0.3, -0.25) is 9.82 Å². The number of hydrogen-bond acceptors (Lipinski definition) is 7. The van der Waals surface area contributed by atoms with Gasteiger partial charge in [-0.2, -0.15) is 5.06 Å². The number of aryl methyl sites for hydroxylation is 1. The summed E-state index contributed by atoms with van der Waals surface area (Å²) < 4.78 is 16.8. The van der Waals surface area contributed by atoms with Crippen molar-refractivity contribution in [3.05, 3.63) is 57.9 Å². The molecule has 1 atom stereocenters. The maximum Gasteiger partial charge on any atom is 0.513 e. The van der Waals surface area contributed by atoms with Crippen LogP contribution < -0.4 is 4.74 Å². The third-order valence-corrected chi connectivity index (χ3v) is 5.87. The van der Waals surface area contributed by atoms with Crippen LogP contribution in [-0.4, -0.2) is 42.0 Å². The van der Waals surface area contributed by atoms with Crippen LogP contribution in [0.1, 0.15) is 68.5 Å². The maximum absolute atomic E-state index is 12.3. The van der Waals surface area contributed by atoms with E-state index in [-0.39, 0.29) is 11.6 Å². The number of unbranched alkanes of at least 4 members (excludes halogenated alkanes) is 2. The molecule has 3 rings (SSSR count). The molecule has 33 heavy (non-hydrogen) atoms. The summed E-state index contributed by atoms with van der Waals surface area (Å²) in [6.07, 6.45) is 3.29. The van der Waals surface area contributed by atoms with Gasteiger partial charge in [0.2, 0.25) is 0 Å². The van der Waals surface area contributed by atoms with E-state index < -0.39 is 6.16 Å². The number of hydrogen-bond donors (Lipinski definition) is 0. The van der Waals surface area contributed by atoms with E-state index in [1.807, 2.05) is 36.4 Å². The van der Waals surface area contributed by atoms with Crippen LogP contribution in [0.3, 0.4) is 0 Å². The number of ether oxygens (including phenoxy) is 3. The van der Waals surface area contributed by atoms with Gasteiger partial charge >= 0.3 is 6.16 Å². The predicted octanol–water partition coefficient (Wildman–Crippen LogP) is 6.01. The average molecular weight is 477 g/mol. The molecule has 0 radical (unpaired) electrons. The van der Waals surface area contributed by atoms with Gasteiger partial charge in [0, 0.05) is 34.9 Å². The number of aromatic nitrogens is 1. The monoisotopic (exact) mass is 476 g/mol. The average Bonchev–Trinajstić information content (AvgIpc) is 3.19. The second-order valence-corrected chi connectivity index (χ2v) is 9.55. The van der Waals surface area contributed by atoms with Gasteiger partial charge in [0.25, 0.3) is 0 Å². The standard InChI is InChI=1S/C25H33ClN2O5/c1-17-22(33-24(29)30-13-7-6-8-14-32-28(5)25(2,3)4)21-16-31-23(20(21)15-27-17)18-9-11-19(26)12-10-18/h9-12,15,23H,6-8,13-14,16H2,1-5H3/t23-/m0/s1. The third-order valence-electron chi connectivity index (χ3n) is 5.62. The molecule has 0 N–H and O–H groups in total. The molecule has 180 valence electrons. The highest BCUT2D eigenvalue weighted by molar-refractivity contribution is 6.30. The summed E-state index contributed by atoms with van der Waals surface area (Å²) in [7, 11) is 1.93. The van der Waals surface area contributed by atoms with Gasteiger partial charge in [-0.25, -0.2) is 4.79 Å². The molecule has 0 bridgehead atoms. The van der Waals surface area contributed by atoms with Gasteiger partial charge in [0.1, 0.15) is 6.10 Å². The lowest BCUT2D eigenvalue weighted by Crippen LogP contribution is -2.38. The summed E-state index contributed by atoms with van der Waals surface area (Å²) in [5, 5.41) is 2.52. The lowest BCUT2D eigenvalue weighted by Gasteiger charge is -2.30. The number of carbonyl (C=O) groups is 1. The van der Waals surface area contributed by atoms with Crippen LogP contribution in [0.4, 0.5) is 4.79 Å². The van der Waals surface area contributed by atoms with Crippen LogP contribution in [0.15, 0.2) is 30.5 Å². The smallest absolute Gasteiger partial charge is 0.434 e. The summed E-state index contributed by atoms with van der Waals surface area (Å²) in [4.78, 5) is 22.4. The molecule has 1 aliphatic heterocycles. The molecule has 1 aliphatic rings. The molecule has 0 fully saturated rings. The highest BCUT2D eigenvalue weighted by Crippen LogP contribution is 2.41. The van der Waals surface area contributed by atoms with Gasteiger partial charge in [-0.15, -0.1) is 0 Å². The molecule has 0 unspecified atom stereocenters. The first-order valence-electron chi connectivity index (χ1n) is 11.2. The predicted molar refractivity (Wildman–Crippen MR) is 126 cm³/mol. The molecule has 0 saturated carbocycles. The fraction of sp³-hybridized carbons (Fsp3) is 0.520. The van der Waals surface area contributed by atoms with Crippen LogP contribution in [0, 0.1) is 6.92 Å². The summed E-state index contributed by atoms with van der Waals surface area (Å²) in [5.41, 5.74) is 3.25. The molecule has 0 saturated heterocycles. The van der Waals surface area contributed by atoms with Gasteiger partial charge in [0.15, 0.2) is 5.75 Å². The zero-order chi connectivity index (χ0) is 24.0. The number of benzene rings is 1. The highest BCUT2D eigenvalue weighted by atomic mass is 35.5. The molecule has 0 spiro atoms. The number of rotatable bonds is 9. The molecule has 7 nitrogen and oxygen atoms in total. The van der Waals surface area contributed by atoms with Crippen molar-refractivity contribution in [1.29, 1.82) is 0 Å². The van der Waals surface area contributed by atoms with Crippen molar-refractivity contribution in [2.75, 3.05) is 20.3 Å². The second kappa shape index (κ2) is 11.3. The van der Waals surface area contributed by atoms with Gasteiger partial charge in [0.05, 0.1) is 25.5 Å². The van der Waals surface area contributed by atoms with E-state index in [0.717, 1.165) is 36.0 Å². The summed E-state index contributed by atoms with van der Waals surface area (Å²) in [5.74, 6) is 0.410. The number of fused-ring (bicyclic) bond motifs is 1. The van der Waals surface area contributed by atoms with Gasteiger partial charge in [-0.1, -0.05) is 23.7 Å². The highest BCUT2D eigenvalue weighted by Gasteiger charge is 2.30. The molecular formula is C25H33ClN2O5. The third kappa shape index (κ3) is 6.90. The summed E-state index contributed by atoms with van der Waals surface area (Å²) >= 11 is 5.99. The van der Waals surface area contributed by atoms with E-state index >= 15 is 0 Å². The Hall–Kier alpha value is -2.19. The zero-order valence-electron chi connectivity index (χ0n) is 20.0. The lowest BCUT2D eigenvalue weighted by atomic mass is 10.0. The minimum absolute atomic E-state index is 0.0304. The van der Waals surface area contributed by atoms with Crippen LogP contribution in [0.5, 0.6) is 5.75 Å². The molecule has 0 aliphatic carbocycles. The van der Waals surface area contributed by atoms with Crippen molar-refractivity contribution in [3.8, 4) is 5.75 Å². The van der Waals surface area contributed by atoms with Crippen LogP contribution in [-0.2, 0) is 20.9 Å². The van der Waals surface area contributed by atoms with Crippen molar-refractivity contribution in [2.24, 2.45) is 0 Å². The minimum Gasteiger partial charge on any atom is -0.434 e. The van der Waals surface area contributed by atoms with Gasteiger partial charge < -0.3 is 14.2 Å². The summed E-state index contributed by atoms with van der Waals surface area (Å²) in [6.45, 7) is 9.33. The van der Waals surface area contributed by atoms with E-state index in [4.69, 9.17) is 30.6 Å². The normalized spacial score (nSPS) is 15.5. The first kappa shape index (κ1) is 25.4. The lowest BCUT2D eigenvalue weighted by molar-refractivity contribution is -0.191. The molecular weight excluding hydrogens is 444 g/mol. The molecule has 2 heterocycles. The van der Waals surface area contributed by atoms with E-state index in [9.17, 15) is 4.79 Å². The first-order chi connectivity index (χ1) is 15.7. The molecule has 0 amide bonds. The fourth-order valence-corrected chi connectivity index (χ4v) is 3.50. The number of carbonyl (C=O) groups excluding carboxylic acids is 1. The largest absolute Gasteiger partial charge is 0.513 e. The Morgan fingerprint density at radius 3 is 2.58 bits per heavy atom. The van der Waals surface area contributed by atoms with E-state index in [2.05, 4.69) is 25.8 Å². The number of halogens is 1. The number of hydroxylamine groups is 2. The fourth-order valence-electron chi connectivity index (χ4n) is 3.38. The van der Waals surface area contributed by atoms with Crippen LogP contribution in [0.2, 0.25) is 5.02 Å². The molecule has 2 aromatic rings. The molecule has 8 heteroatoms. The van der Waals surface area contributed by atoms with Crippen molar-refractivity contribution >= 4 is 17.8 Å². The maximum atomic E-state index is 12.3. The van der Waals surface area contributed by atoms with Gasteiger partial charge in [-0.05, 0) is 64.7 Å². The number of pyridine rings is 1. The SMILES string of the molecule is Cc1ncc2c(c1OC(=O)OCCCCCON(C)C(C)(C)C)CO[C@H]2c1ccc(Cl)cc1. The Morgan fingerprint density at radius 1 is 1.18 bits per heavy atom. The van der Waals surface area contributed by atoms with E-state index in [1.165, 1.54) is 0 Å². The van der Waals surface area contributed by atoms with Crippen LogP contribution >= 0.6 is 11.6 Å². The summed E-state index contributed by atoms with van der Waals surface area (Å²) in [6, 6.07) is 7.49. The minimum atomic E-state index is -0.730. The van der Waals surface area contributed by atoms with Crippen molar-refractivity contribution in [1.82, 2.24) is 10.0 Å². The van der Waals surface area contributed by atoms with E-state index in [0.29, 0.717) is 36.3 Å². The van der Waals surface area contributed by atoms with Crippen molar-refractivity contribution in [3.63, 3.8) is 0 Å². The Morgan fingerprint density at radius 2 is 1.88 bits per heavy atom. The van der Waals surface area contributed by atoms with Crippen molar-refractivity contribution in [2.45, 2.75) is 65.2 Å². The first-order valence-corrected chi connectivity index (χ1v) is 11.6. The Labute approximate surface area is 200 Å². The molecule has 1 aromatic carbocycles. The van der Waals surface area contributed by atoms with E-state index in [1.54, 1.807) is 13.1 Å². The van der Waals surface area contributed by atoms with Crippen molar-refractivity contribution < 1.29 is 23.8 Å². The zero-order valence-corrected chi connectivity index (χ0v) is 20.8. The quantitative estimate of drug-likeness (QED) is 0.249. The number of nitrogens with zero attached hydrogens (tertiary/aromatic N) is 2. The molecule has 1 aromatic heterocycles. The topological polar surface area (TPSA) is 70.1 Å². The Kier molecular flexibility index (Phi) is 8.70. The Bertz CT molecular complexity index is 943. The Balaban J connectivity index is 1.47.